The molecule has 0 aliphatic carbocycles. The number of carbonyl (C=O) groups excluding carboxylic acids is 1. The highest BCUT2D eigenvalue weighted by molar-refractivity contribution is 6.04. The van der Waals surface area contributed by atoms with E-state index in [1.165, 1.54) is 24.3 Å². The number of hydrogen-bond donors (Lipinski definition) is 3. The summed E-state index contributed by atoms with van der Waals surface area (Å²) in [6, 6.07) is 20.8. The number of halogens is 1. The zero-order chi connectivity index (χ0) is 21.6. The first kappa shape index (κ1) is 20.3. The number of amides is 1. The molecule has 7 heteroatoms. The fourth-order valence-corrected chi connectivity index (χ4v) is 3.14. The second kappa shape index (κ2) is 9.21. The number of para-hydroxylation sites is 1. The summed E-state index contributed by atoms with van der Waals surface area (Å²) in [6.07, 6.45) is 0. The fourth-order valence-electron chi connectivity index (χ4n) is 3.14. The predicted molar refractivity (Wildman–Crippen MR) is 122 cm³/mol. The van der Waals surface area contributed by atoms with Crippen molar-refractivity contribution in [2.24, 2.45) is 0 Å². The number of nitrogens with one attached hydrogen (secondary N) is 3. The molecule has 0 unspecified atom stereocenters. The van der Waals surface area contributed by atoms with Gasteiger partial charge in [-0.25, -0.2) is 9.37 Å². The Morgan fingerprint density at radius 1 is 0.903 bits per heavy atom. The van der Waals surface area contributed by atoms with Crippen LogP contribution >= 0.6 is 0 Å². The van der Waals surface area contributed by atoms with Crippen molar-refractivity contribution in [2.75, 3.05) is 22.5 Å². The maximum absolute atomic E-state index is 13.0. The first-order valence-electron chi connectivity index (χ1n) is 10.0. The summed E-state index contributed by atoms with van der Waals surface area (Å²) in [5.74, 6) is 0.689. The quantitative estimate of drug-likeness (QED) is 0.393. The van der Waals surface area contributed by atoms with Crippen LogP contribution in [0.25, 0.3) is 10.9 Å². The van der Waals surface area contributed by atoms with E-state index in [0.29, 0.717) is 23.7 Å². The second-order valence-corrected chi connectivity index (χ2v) is 6.95. The normalized spacial score (nSPS) is 10.6. The van der Waals surface area contributed by atoms with Crippen molar-refractivity contribution in [1.82, 2.24) is 9.97 Å². The Labute approximate surface area is 179 Å². The molecule has 6 nitrogen and oxygen atoms in total. The van der Waals surface area contributed by atoms with E-state index >= 15 is 0 Å². The monoisotopic (exact) mass is 415 g/mol. The van der Waals surface area contributed by atoms with Crippen LogP contribution in [-0.4, -0.2) is 22.4 Å². The van der Waals surface area contributed by atoms with Gasteiger partial charge in [0, 0.05) is 29.7 Å². The van der Waals surface area contributed by atoms with E-state index in [9.17, 15) is 9.18 Å². The molecule has 156 valence electrons. The van der Waals surface area contributed by atoms with Crippen LogP contribution < -0.4 is 16.0 Å². The molecule has 0 saturated heterocycles. The van der Waals surface area contributed by atoms with Crippen LogP contribution in [0.4, 0.5) is 21.8 Å². The highest BCUT2D eigenvalue weighted by Gasteiger charge is 2.08. The lowest BCUT2D eigenvalue weighted by Crippen LogP contribution is -2.12. The molecule has 3 aromatic carbocycles. The average molecular weight is 415 g/mol. The van der Waals surface area contributed by atoms with E-state index in [0.717, 1.165) is 28.8 Å². The zero-order valence-electron chi connectivity index (χ0n) is 17.0. The first-order valence-corrected chi connectivity index (χ1v) is 10.0. The highest BCUT2D eigenvalue weighted by atomic mass is 19.1. The van der Waals surface area contributed by atoms with Crippen molar-refractivity contribution >= 4 is 34.3 Å². The maximum Gasteiger partial charge on any atom is 0.255 e. The molecule has 0 aliphatic rings. The Kier molecular flexibility index (Phi) is 6.03. The van der Waals surface area contributed by atoms with E-state index < -0.39 is 0 Å². The second-order valence-electron chi connectivity index (χ2n) is 6.95. The Balaban J connectivity index is 1.44. The molecule has 1 heterocycles. The number of aromatic nitrogens is 2. The van der Waals surface area contributed by atoms with Crippen LogP contribution in [-0.2, 0) is 6.54 Å². The standard InChI is InChI=1S/C24H22FN5O/c1-2-26-24-29-21-6-4-3-5-20(21)22(30-24)27-15-16-7-13-19(14-8-16)28-23(31)17-9-11-18(25)12-10-17/h3-14H,2,15H2,1H3,(H,28,31)(H2,26,27,29,30). The molecule has 1 aromatic heterocycles. The van der Waals surface area contributed by atoms with Crippen molar-refractivity contribution in [1.29, 1.82) is 0 Å². The summed E-state index contributed by atoms with van der Waals surface area (Å²) in [7, 11) is 0. The molecule has 4 aromatic rings. The fraction of sp³-hybridized carbons (Fsp3) is 0.125. The van der Waals surface area contributed by atoms with Gasteiger partial charge < -0.3 is 16.0 Å². The minimum absolute atomic E-state index is 0.283. The number of hydrogen-bond acceptors (Lipinski definition) is 5. The number of fused-ring (bicyclic) bond motifs is 1. The molecule has 0 saturated carbocycles. The van der Waals surface area contributed by atoms with Gasteiger partial charge in [0.05, 0.1) is 5.52 Å². The number of rotatable bonds is 7. The van der Waals surface area contributed by atoms with Gasteiger partial charge in [-0.15, -0.1) is 0 Å². The summed E-state index contributed by atoms with van der Waals surface area (Å²) < 4.78 is 13.0. The van der Waals surface area contributed by atoms with Gasteiger partial charge >= 0.3 is 0 Å². The lowest BCUT2D eigenvalue weighted by Gasteiger charge is -2.12. The van der Waals surface area contributed by atoms with E-state index in [-0.39, 0.29) is 11.7 Å². The van der Waals surface area contributed by atoms with Crippen LogP contribution in [0.15, 0.2) is 72.8 Å². The lowest BCUT2D eigenvalue weighted by atomic mass is 10.1. The summed E-state index contributed by atoms with van der Waals surface area (Å²) >= 11 is 0. The maximum atomic E-state index is 13.0. The van der Waals surface area contributed by atoms with Gasteiger partial charge in [0.25, 0.3) is 5.91 Å². The molecule has 31 heavy (non-hydrogen) atoms. The average Bonchev–Trinajstić information content (AvgIpc) is 2.79. The minimum Gasteiger partial charge on any atom is -0.365 e. The topological polar surface area (TPSA) is 78.9 Å². The Morgan fingerprint density at radius 3 is 2.39 bits per heavy atom. The van der Waals surface area contributed by atoms with E-state index in [1.54, 1.807) is 0 Å². The summed E-state index contributed by atoms with van der Waals surface area (Å²) in [5, 5.41) is 10.3. The van der Waals surface area contributed by atoms with Gasteiger partial charge in [0.2, 0.25) is 5.95 Å². The molecule has 0 aliphatic heterocycles. The number of anilines is 3. The molecule has 1 amide bonds. The van der Waals surface area contributed by atoms with Gasteiger partial charge in [-0.05, 0) is 61.0 Å². The molecular weight excluding hydrogens is 393 g/mol. The van der Waals surface area contributed by atoms with Crippen LogP contribution in [0.5, 0.6) is 0 Å². The van der Waals surface area contributed by atoms with E-state index in [2.05, 4.69) is 25.9 Å². The molecule has 0 spiro atoms. The summed E-state index contributed by atoms with van der Waals surface area (Å²) in [6.45, 7) is 3.31. The van der Waals surface area contributed by atoms with Gasteiger partial charge in [-0.2, -0.15) is 4.98 Å². The SMILES string of the molecule is CCNc1nc(NCc2ccc(NC(=O)c3ccc(F)cc3)cc2)c2ccccc2n1. The molecule has 0 bridgehead atoms. The zero-order valence-corrected chi connectivity index (χ0v) is 17.0. The molecular formula is C24H22FN5O. The van der Waals surface area contributed by atoms with Crippen LogP contribution in [0.3, 0.4) is 0 Å². The van der Waals surface area contributed by atoms with Crippen molar-refractivity contribution < 1.29 is 9.18 Å². The molecule has 4 rings (SSSR count). The van der Waals surface area contributed by atoms with Crippen molar-refractivity contribution in [3.63, 3.8) is 0 Å². The van der Waals surface area contributed by atoms with Crippen LogP contribution in [0.1, 0.15) is 22.8 Å². The largest absolute Gasteiger partial charge is 0.365 e. The van der Waals surface area contributed by atoms with Gasteiger partial charge in [-0.3, -0.25) is 4.79 Å². The third kappa shape index (κ3) is 4.95. The van der Waals surface area contributed by atoms with Crippen molar-refractivity contribution in [3.05, 3.63) is 89.7 Å². The molecule has 3 N–H and O–H groups in total. The number of benzene rings is 3. The minimum atomic E-state index is -0.373. The summed E-state index contributed by atoms with van der Waals surface area (Å²) in [5.41, 5.74) is 2.97. The molecule has 0 atom stereocenters. The van der Waals surface area contributed by atoms with Gasteiger partial charge in [0.1, 0.15) is 11.6 Å². The number of carbonyl (C=O) groups is 1. The van der Waals surface area contributed by atoms with Gasteiger partial charge in [-0.1, -0.05) is 24.3 Å². The smallest absolute Gasteiger partial charge is 0.255 e. The third-order valence-corrected chi connectivity index (χ3v) is 4.72. The number of nitrogens with zero attached hydrogens (tertiary/aromatic N) is 2. The summed E-state index contributed by atoms with van der Waals surface area (Å²) in [4.78, 5) is 21.4. The van der Waals surface area contributed by atoms with E-state index in [1.807, 2.05) is 55.5 Å². The third-order valence-electron chi connectivity index (χ3n) is 4.72. The van der Waals surface area contributed by atoms with Crippen LogP contribution in [0.2, 0.25) is 0 Å². The predicted octanol–water partition coefficient (Wildman–Crippen LogP) is 5.07. The Morgan fingerprint density at radius 2 is 1.65 bits per heavy atom. The molecule has 0 fully saturated rings. The Hall–Kier alpha value is -4.00. The van der Waals surface area contributed by atoms with Gasteiger partial charge in [0.15, 0.2) is 0 Å². The molecule has 0 radical (unpaired) electrons. The van der Waals surface area contributed by atoms with E-state index in [4.69, 9.17) is 0 Å². The van der Waals surface area contributed by atoms with Crippen molar-refractivity contribution in [2.45, 2.75) is 13.5 Å². The lowest BCUT2D eigenvalue weighted by molar-refractivity contribution is 0.102. The van der Waals surface area contributed by atoms with Crippen LogP contribution in [0, 0.1) is 5.82 Å². The first-order chi connectivity index (χ1) is 15.1. The van der Waals surface area contributed by atoms with Crippen molar-refractivity contribution in [3.8, 4) is 0 Å². The highest BCUT2D eigenvalue weighted by Crippen LogP contribution is 2.22. The Bertz CT molecular complexity index is 1190.